The van der Waals surface area contributed by atoms with Crippen molar-refractivity contribution in [3.05, 3.63) is 30.1 Å². The highest BCUT2D eigenvalue weighted by atomic mass is 16.5. The maximum absolute atomic E-state index is 5.57. The van der Waals surface area contributed by atoms with Gasteiger partial charge in [-0.05, 0) is 34.0 Å². The van der Waals surface area contributed by atoms with Crippen molar-refractivity contribution < 1.29 is 4.74 Å². The second-order valence-electron chi connectivity index (χ2n) is 5.65. The first kappa shape index (κ1) is 16.5. The van der Waals surface area contributed by atoms with E-state index >= 15 is 0 Å². The highest BCUT2D eigenvalue weighted by Crippen LogP contribution is 2.23. The van der Waals surface area contributed by atoms with Gasteiger partial charge in [-0.15, -0.1) is 0 Å². The van der Waals surface area contributed by atoms with Crippen LogP contribution in [0.4, 0.5) is 0 Å². The fourth-order valence-electron chi connectivity index (χ4n) is 2.19. The average molecular weight is 303 g/mol. The molecule has 2 aromatic heterocycles. The van der Waals surface area contributed by atoms with Gasteiger partial charge in [0.15, 0.2) is 0 Å². The van der Waals surface area contributed by atoms with Gasteiger partial charge < -0.3 is 15.0 Å². The van der Waals surface area contributed by atoms with E-state index < -0.39 is 0 Å². The van der Waals surface area contributed by atoms with Crippen LogP contribution in [0.3, 0.4) is 0 Å². The maximum atomic E-state index is 5.57. The van der Waals surface area contributed by atoms with Crippen molar-refractivity contribution >= 4 is 0 Å². The van der Waals surface area contributed by atoms with Crippen LogP contribution >= 0.6 is 0 Å². The summed E-state index contributed by atoms with van der Waals surface area (Å²) in [4.78, 5) is 6.60. The van der Waals surface area contributed by atoms with E-state index in [1.807, 2.05) is 45.4 Å². The normalized spacial score (nSPS) is 11.4. The quantitative estimate of drug-likeness (QED) is 0.780. The zero-order valence-electron chi connectivity index (χ0n) is 13.8. The fourth-order valence-corrected chi connectivity index (χ4v) is 2.19. The summed E-state index contributed by atoms with van der Waals surface area (Å²) in [5, 5.41) is 10.5. The summed E-state index contributed by atoms with van der Waals surface area (Å²) in [7, 11) is 4.06. The summed E-state index contributed by atoms with van der Waals surface area (Å²) in [6, 6.07) is 3.89. The van der Waals surface area contributed by atoms with Gasteiger partial charge in [-0.1, -0.05) is 0 Å². The van der Waals surface area contributed by atoms with Crippen LogP contribution < -0.4 is 10.1 Å². The van der Waals surface area contributed by atoms with E-state index in [4.69, 9.17) is 4.74 Å². The van der Waals surface area contributed by atoms with Crippen LogP contribution in [0, 0.1) is 0 Å². The van der Waals surface area contributed by atoms with Crippen molar-refractivity contribution in [3.8, 4) is 17.1 Å². The van der Waals surface area contributed by atoms with Crippen LogP contribution in [0.2, 0.25) is 0 Å². The number of H-pyrrole nitrogens is 1. The lowest BCUT2D eigenvalue weighted by Gasteiger charge is -2.16. The molecular formula is C16H25N5O. The summed E-state index contributed by atoms with van der Waals surface area (Å²) in [6.07, 6.45) is 3.88. The molecule has 0 radical (unpaired) electrons. The predicted molar refractivity (Wildman–Crippen MR) is 87.8 cm³/mol. The smallest absolute Gasteiger partial charge is 0.213 e. The SMILES string of the molecule is CNCCN(C)Cc1c[nH]nc1-c1ccc(OC(C)C)nc1. The van der Waals surface area contributed by atoms with E-state index in [-0.39, 0.29) is 6.10 Å². The monoisotopic (exact) mass is 303 g/mol. The lowest BCUT2D eigenvalue weighted by molar-refractivity contribution is 0.232. The summed E-state index contributed by atoms with van der Waals surface area (Å²) in [5.41, 5.74) is 3.10. The zero-order chi connectivity index (χ0) is 15.9. The second-order valence-corrected chi connectivity index (χ2v) is 5.65. The molecule has 0 spiro atoms. The van der Waals surface area contributed by atoms with E-state index in [1.54, 1.807) is 0 Å². The summed E-state index contributed by atoms with van der Waals surface area (Å²) < 4.78 is 5.57. The van der Waals surface area contributed by atoms with Gasteiger partial charge in [0.2, 0.25) is 5.88 Å². The Morgan fingerprint density at radius 3 is 2.82 bits per heavy atom. The zero-order valence-corrected chi connectivity index (χ0v) is 13.8. The van der Waals surface area contributed by atoms with Crippen molar-refractivity contribution in [1.82, 2.24) is 25.4 Å². The van der Waals surface area contributed by atoms with Gasteiger partial charge in [0.1, 0.15) is 0 Å². The summed E-state index contributed by atoms with van der Waals surface area (Å²) in [5.74, 6) is 0.641. The Labute approximate surface area is 131 Å². The van der Waals surface area contributed by atoms with Crippen molar-refractivity contribution in [2.45, 2.75) is 26.5 Å². The molecule has 0 fully saturated rings. The number of aromatic amines is 1. The van der Waals surface area contributed by atoms with Crippen LogP contribution in [-0.2, 0) is 6.54 Å². The molecule has 2 N–H and O–H groups in total. The highest BCUT2D eigenvalue weighted by molar-refractivity contribution is 5.61. The van der Waals surface area contributed by atoms with Crippen molar-refractivity contribution in [3.63, 3.8) is 0 Å². The van der Waals surface area contributed by atoms with Crippen molar-refractivity contribution in [1.29, 1.82) is 0 Å². The third-order valence-corrected chi connectivity index (χ3v) is 3.27. The van der Waals surface area contributed by atoms with Gasteiger partial charge in [-0.2, -0.15) is 5.10 Å². The molecule has 6 nitrogen and oxygen atoms in total. The third-order valence-electron chi connectivity index (χ3n) is 3.27. The van der Waals surface area contributed by atoms with Crippen LogP contribution in [0.25, 0.3) is 11.3 Å². The van der Waals surface area contributed by atoms with Gasteiger partial charge >= 0.3 is 0 Å². The predicted octanol–water partition coefficient (Wildman–Crippen LogP) is 1.91. The molecule has 6 heteroatoms. The minimum atomic E-state index is 0.125. The van der Waals surface area contributed by atoms with Gasteiger partial charge in [-0.25, -0.2) is 4.98 Å². The van der Waals surface area contributed by atoms with E-state index in [1.165, 1.54) is 0 Å². The summed E-state index contributed by atoms with van der Waals surface area (Å²) in [6.45, 7) is 6.77. The molecular weight excluding hydrogens is 278 g/mol. The number of pyridine rings is 1. The van der Waals surface area contributed by atoms with Crippen LogP contribution in [0.1, 0.15) is 19.4 Å². The Kier molecular flexibility index (Phi) is 5.91. The van der Waals surface area contributed by atoms with Gasteiger partial charge in [0, 0.05) is 49.2 Å². The van der Waals surface area contributed by atoms with Crippen molar-refractivity contribution in [2.75, 3.05) is 27.2 Å². The molecule has 2 rings (SSSR count). The van der Waals surface area contributed by atoms with E-state index in [0.29, 0.717) is 5.88 Å². The molecule has 0 saturated carbocycles. The fraction of sp³-hybridized carbons (Fsp3) is 0.500. The lowest BCUT2D eigenvalue weighted by Crippen LogP contribution is -2.26. The largest absolute Gasteiger partial charge is 0.475 e. The van der Waals surface area contributed by atoms with Crippen LogP contribution in [0.5, 0.6) is 5.88 Å². The molecule has 2 heterocycles. The number of hydrogen-bond donors (Lipinski definition) is 2. The molecule has 0 aliphatic carbocycles. The van der Waals surface area contributed by atoms with E-state index in [9.17, 15) is 0 Å². The Morgan fingerprint density at radius 2 is 2.18 bits per heavy atom. The Bertz CT molecular complexity index is 564. The number of nitrogens with one attached hydrogen (secondary N) is 2. The Hall–Kier alpha value is -1.92. The molecule has 0 atom stereocenters. The molecule has 0 unspecified atom stereocenters. The number of ether oxygens (including phenoxy) is 1. The Balaban J connectivity index is 2.08. The first-order valence-electron chi connectivity index (χ1n) is 7.59. The Morgan fingerprint density at radius 1 is 1.36 bits per heavy atom. The molecule has 0 aromatic carbocycles. The first-order chi connectivity index (χ1) is 10.6. The standard InChI is InChI=1S/C16H25N5O/c1-12(2)22-15-6-5-13(9-18-15)16-14(10-19-20-16)11-21(4)8-7-17-3/h5-6,9-10,12,17H,7-8,11H2,1-4H3,(H,19,20). The van der Waals surface area contributed by atoms with Crippen LogP contribution in [0.15, 0.2) is 24.5 Å². The second kappa shape index (κ2) is 7.91. The minimum Gasteiger partial charge on any atom is -0.475 e. The number of likely N-dealkylation sites (N-methyl/N-ethyl adjacent to an activating group) is 2. The maximum Gasteiger partial charge on any atom is 0.213 e. The summed E-state index contributed by atoms with van der Waals surface area (Å²) >= 11 is 0. The van der Waals surface area contributed by atoms with E-state index in [2.05, 4.69) is 32.4 Å². The number of aromatic nitrogens is 3. The number of hydrogen-bond acceptors (Lipinski definition) is 5. The third kappa shape index (κ3) is 4.54. The molecule has 0 bridgehead atoms. The molecule has 2 aromatic rings. The first-order valence-corrected chi connectivity index (χ1v) is 7.59. The van der Waals surface area contributed by atoms with Crippen molar-refractivity contribution in [2.24, 2.45) is 0 Å². The average Bonchev–Trinajstić information content (AvgIpc) is 2.93. The van der Waals surface area contributed by atoms with Gasteiger partial charge in [0.25, 0.3) is 0 Å². The van der Waals surface area contributed by atoms with Gasteiger partial charge in [-0.3, -0.25) is 5.10 Å². The lowest BCUT2D eigenvalue weighted by atomic mass is 10.1. The number of nitrogens with zero attached hydrogens (tertiary/aromatic N) is 3. The number of rotatable bonds is 8. The topological polar surface area (TPSA) is 66.1 Å². The molecule has 0 amide bonds. The van der Waals surface area contributed by atoms with E-state index in [0.717, 1.165) is 36.5 Å². The van der Waals surface area contributed by atoms with Gasteiger partial charge in [0.05, 0.1) is 11.8 Å². The highest BCUT2D eigenvalue weighted by Gasteiger charge is 2.11. The molecule has 0 aliphatic rings. The minimum absolute atomic E-state index is 0.125. The molecule has 0 aliphatic heterocycles. The van der Waals surface area contributed by atoms with Crippen LogP contribution in [-0.4, -0.2) is 53.4 Å². The molecule has 22 heavy (non-hydrogen) atoms. The molecule has 0 saturated heterocycles. The molecule has 120 valence electrons.